The molecule has 1 amide bonds. The Hall–Kier alpha value is -4.36. The molecule has 3 aromatic rings. The number of carbonyl (C=O) groups excluding carboxylic acids is 2. The first-order valence-corrected chi connectivity index (χ1v) is 11.8. The van der Waals surface area contributed by atoms with Gasteiger partial charge in [-0.05, 0) is 36.2 Å². The number of aliphatic hydroxyl groups is 1. The Bertz CT molecular complexity index is 1300. The number of carbonyl (C=O) groups is 2. The molecule has 0 fully saturated rings. The molecule has 0 saturated carbocycles. The number of nitrogens with one attached hydrogen (secondary N) is 2. The molecule has 0 saturated heterocycles. The zero-order valence-corrected chi connectivity index (χ0v) is 20.1. The summed E-state index contributed by atoms with van der Waals surface area (Å²) < 4.78 is 0. The second-order valence-electron chi connectivity index (χ2n) is 8.42. The largest absolute Gasteiger partial charge is 0.505 e. The molecule has 0 aliphatic heterocycles. The molecule has 36 heavy (non-hydrogen) atoms. The number of benzene rings is 3. The minimum atomic E-state index is -0.456. The van der Waals surface area contributed by atoms with Gasteiger partial charge in [0.2, 0.25) is 5.78 Å². The van der Waals surface area contributed by atoms with E-state index in [4.69, 9.17) is 0 Å². The van der Waals surface area contributed by atoms with Gasteiger partial charge in [0.15, 0.2) is 5.75 Å². The van der Waals surface area contributed by atoms with E-state index in [0.29, 0.717) is 22.7 Å². The maximum atomic E-state index is 13.3. The molecule has 1 aliphatic rings. The van der Waals surface area contributed by atoms with Crippen LogP contribution in [0.1, 0.15) is 35.3 Å². The highest BCUT2D eigenvalue weighted by Gasteiger charge is 2.34. The van der Waals surface area contributed by atoms with Crippen LogP contribution in [0.5, 0.6) is 5.75 Å². The molecule has 4 N–H and O–H groups in total. The number of hydrogen-bond acceptors (Lipinski definition) is 6. The molecular formula is C29H29N3O4. The van der Waals surface area contributed by atoms with Gasteiger partial charge in [0, 0.05) is 17.8 Å². The van der Waals surface area contributed by atoms with E-state index in [1.54, 1.807) is 36.4 Å². The lowest BCUT2D eigenvalue weighted by atomic mass is 9.91. The van der Waals surface area contributed by atoms with Gasteiger partial charge in [-0.3, -0.25) is 9.59 Å². The third-order valence-electron chi connectivity index (χ3n) is 6.14. The van der Waals surface area contributed by atoms with Gasteiger partial charge in [-0.25, -0.2) is 0 Å². The quantitative estimate of drug-likeness (QED) is 0.250. The zero-order valence-electron chi connectivity index (χ0n) is 20.1. The molecule has 1 atom stereocenters. The van der Waals surface area contributed by atoms with Gasteiger partial charge in [0.1, 0.15) is 5.70 Å². The fourth-order valence-electron chi connectivity index (χ4n) is 4.18. The van der Waals surface area contributed by atoms with Crippen molar-refractivity contribution < 1.29 is 19.8 Å². The zero-order chi connectivity index (χ0) is 25.7. The van der Waals surface area contributed by atoms with Crippen LogP contribution in [-0.4, -0.2) is 35.1 Å². The van der Waals surface area contributed by atoms with Crippen LogP contribution in [0.15, 0.2) is 102 Å². The van der Waals surface area contributed by atoms with E-state index in [0.717, 1.165) is 12.0 Å². The van der Waals surface area contributed by atoms with E-state index in [-0.39, 0.29) is 42.0 Å². The van der Waals surface area contributed by atoms with Crippen LogP contribution in [-0.2, 0) is 4.79 Å². The molecular weight excluding hydrogens is 454 g/mol. The first kappa shape index (κ1) is 24.8. The van der Waals surface area contributed by atoms with Crippen LogP contribution in [0.2, 0.25) is 0 Å². The number of phenols is 1. The van der Waals surface area contributed by atoms with Crippen molar-refractivity contribution in [1.82, 2.24) is 5.32 Å². The number of allylic oxidation sites excluding steroid dienone is 2. The van der Waals surface area contributed by atoms with Gasteiger partial charge in [-0.2, -0.15) is 0 Å². The Balaban J connectivity index is 1.62. The number of anilines is 2. The number of aliphatic hydroxyl groups excluding tert-OH is 1. The van der Waals surface area contributed by atoms with Crippen molar-refractivity contribution in [2.45, 2.75) is 19.4 Å². The van der Waals surface area contributed by atoms with Crippen molar-refractivity contribution in [2.75, 3.05) is 23.4 Å². The summed E-state index contributed by atoms with van der Waals surface area (Å²) in [5.74, 6) is -0.908. The summed E-state index contributed by atoms with van der Waals surface area (Å²) in [7, 11) is 0. The lowest BCUT2D eigenvalue weighted by Gasteiger charge is -2.30. The summed E-state index contributed by atoms with van der Waals surface area (Å²) in [6, 6.07) is 23.5. The van der Waals surface area contributed by atoms with Gasteiger partial charge >= 0.3 is 0 Å². The average molecular weight is 484 g/mol. The number of phenolic OH excluding ortho intramolecular Hbond substituents is 1. The lowest BCUT2D eigenvalue weighted by molar-refractivity contribution is -0.113. The molecule has 4 rings (SSSR count). The van der Waals surface area contributed by atoms with E-state index in [1.165, 1.54) is 11.0 Å². The van der Waals surface area contributed by atoms with Crippen LogP contribution < -0.4 is 15.5 Å². The second kappa shape index (κ2) is 10.9. The molecule has 0 heterocycles. The average Bonchev–Trinajstić information content (AvgIpc) is 2.92. The number of para-hydroxylation sites is 2. The fourth-order valence-corrected chi connectivity index (χ4v) is 4.18. The third-order valence-corrected chi connectivity index (χ3v) is 6.14. The van der Waals surface area contributed by atoms with E-state index >= 15 is 0 Å². The van der Waals surface area contributed by atoms with Gasteiger partial charge in [-0.15, -0.1) is 0 Å². The highest BCUT2D eigenvalue weighted by Crippen LogP contribution is 2.36. The van der Waals surface area contributed by atoms with E-state index < -0.39 is 5.91 Å². The number of Topliss-reactive ketones (excluding diaryl/α,β-unsaturated/α-hetero) is 1. The predicted molar refractivity (Wildman–Crippen MR) is 141 cm³/mol. The number of amides is 1. The third kappa shape index (κ3) is 4.87. The Morgan fingerprint density at radius 1 is 0.972 bits per heavy atom. The second-order valence-corrected chi connectivity index (χ2v) is 8.42. The number of hydrogen-bond donors (Lipinski definition) is 4. The molecule has 0 bridgehead atoms. The number of aromatic hydroxyl groups is 1. The number of nitrogens with zero attached hydrogens (tertiary/aromatic N) is 1. The maximum absolute atomic E-state index is 13.3. The molecule has 0 unspecified atom stereocenters. The smallest absolute Gasteiger partial charge is 0.262 e. The minimum absolute atomic E-state index is 0.0689. The Kier molecular flexibility index (Phi) is 7.51. The Morgan fingerprint density at radius 3 is 2.28 bits per heavy atom. The summed E-state index contributed by atoms with van der Waals surface area (Å²) >= 11 is 0. The number of rotatable bonds is 10. The summed E-state index contributed by atoms with van der Waals surface area (Å²) in [5, 5.41) is 26.9. The summed E-state index contributed by atoms with van der Waals surface area (Å²) in [5.41, 5.74) is 3.16. The summed E-state index contributed by atoms with van der Waals surface area (Å²) in [6.45, 7) is 5.73. The lowest BCUT2D eigenvalue weighted by Crippen LogP contribution is -2.37. The molecule has 7 nitrogen and oxygen atoms in total. The highest BCUT2D eigenvalue weighted by atomic mass is 16.3. The topological polar surface area (TPSA) is 102 Å². The minimum Gasteiger partial charge on any atom is -0.505 e. The van der Waals surface area contributed by atoms with E-state index in [2.05, 4.69) is 17.2 Å². The van der Waals surface area contributed by atoms with Gasteiger partial charge in [0.05, 0.1) is 29.6 Å². The molecule has 1 aliphatic carbocycles. The molecule has 0 aromatic heterocycles. The van der Waals surface area contributed by atoms with Crippen LogP contribution in [0, 0.1) is 0 Å². The van der Waals surface area contributed by atoms with Crippen molar-refractivity contribution in [3.63, 3.8) is 0 Å². The molecule has 3 aromatic carbocycles. The van der Waals surface area contributed by atoms with Gasteiger partial charge < -0.3 is 25.7 Å². The first-order chi connectivity index (χ1) is 17.5. The maximum Gasteiger partial charge on any atom is 0.262 e. The summed E-state index contributed by atoms with van der Waals surface area (Å²) in [4.78, 5) is 27.4. The normalized spacial score (nSPS) is 13.7. The SMILES string of the molecule is C=C1C(=O)C(N[C@H](CC)c2ccccc2)=C1Nc1cccc(C(=O)N(CCO)c2ccccc2)c1O. The Labute approximate surface area is 210 Å². The molecule has 7 heteroatoms. The van der Waals surface area contributed by atoms with Crippen molar-refractivity contribution in [2.24, 2.45) is 0 Å². The van der Waals surface area contributed by atoms with Crippen LogP contribution in [0.25, 0.3) is 0 Å². The van der Waals surface area contributed by atoms with Gasteiger partial charge in [-0.1, -0.05) is 68.1 Å². The monoisotopic (exact) mass is 483 g/mol. The van der Waals surface area contributed by atoms with Crippen molar-refractivity contribution >= 4 is 23.1 Å². The number of ketones is 1. The first-order valence-electron chi connectivity index (χ1n) is 11.8. The van der Waals surface area contributed by atoms with Crippen molar-refractivity contribution in [1.29, 1.82) is 0 Å². The standard InChI is InChI=1S/C29H29N3O4/c1-3-23(20-11-6-4-7-12-20)30-26-25(19(2)27(26)34)31-24-16-10-15-22(28(24)35)29(36)32(17-18-33)21-13-8-5-9-14-21/h4-16,23,30-31,33,35H,2-3,17-18H2,1H3/t23-/m1/s1. The Morgan fingerprint density at radius 2 is 1.64 bits per heavy atom. The van der Waals surface area contributed by atoms with E-state index in [1.807, 2.05) is 43.3 Å². The van der Waals surface area contributed by atoms with Crippen LogP contribution in [0.3, 0.4) is 0 Å². The van der Waals surface area contributed by atoms with Gasteiger partial charge in [0.25, 0.3) is 5.91 Å². The molecule has 184 valence electrons. The predicted octanol–water partition coefficient (Wildman–Crippen LogP) is 4.53. The molecule has 0 radical (unpaired) electrons. The van der Waals surface area contributed by atoms with Crippen molar-refractivity contribution in [3.8, 4) is 5.75 Å². The van der Waals surface area contributed by atoms with E-state index in [9.17, 15) is 19.8 Å². The highest BCUT2D eigenvalue weighted by molar-refractivity contribution is 6.20. The molecule has 0 spiro atoms. The van der Waals surface area contributed by atoms with Crippen LogP contribution in [0.4, 0.5) is 11.4 Å². The fraction of sp³-hybridized carbons (Fsp3) is 0.172. The summed E-state index contributed by atoms with van der Waals surface area (Å²) in [6.07, 6.45) is 0.760. The van der Waals surface area contributed by atoms with Crippen LogP contribution >= 0.6 is 0 Å². The van der Waals surface area contributed by atoms with Crippen molar-refractivity contribution in [3.05, 3.63) is 114 Å².